The number of rotatable bonds is 9. The van der Waals surface area contributed by atoms with Gasteiger partial charge in [0.25, 0.3) is 5.91 Å². The molecule has 7 nitrogen and oxygen atoms in total. The molecule has 1 aromatic rings. The van der Waals surface area contributed by atoms with Gasteiger partial charge in [0.05, 0.1) is 16.3 Å². The second kappa shape index (κ2) is 10.8. The first-order valence-corrected chi connectivity index (χ1v) is 8.71. The largest absolute Gasteiger partial charge is 0.439 e. The molecule has 0 saturated carbocycles. The van der Waals surface area contributed by atoms with Crippen LogP contribution in [0.2, 0.25) is 5.02 Å². The fourth-order valence-electron chi connectivity index (χ4n) is 2.18. The molecule has 0 heterocycles. The van der Waals surface area contributed by atoms with Gasteiger partial charge in [0.15, 0.2) is 0 Å². The Hall–Kier alpha value is -1.99. The Kier molecular flexibility index (Phi) is 9.08. The minimum atomic E-state index is -0.281. The highest BCUT2D eigenvalue weighted by atomic mass is 35.5. The number of halogens is 1. The Morgan fingerprint density at radius 1 is 1.32 bits per heavy atom. The van der Waals surface area contributed by atoms with Crippen LogP contribution in [0.4, 0.5) is 5.69 Å². The quantitative estimate of drug-likeness (QED) is 0.302. The van der Waals surface area contributed by atoms with Crippen molar-refractivity contribution < 1.29 is 14.4 Å². The molecule has 0 spiro atoms. The normalized spacial score (nSPS) is 11.5. The number of benzene rings is 1. The van der Waals surface area contributed by atoms with Crippen LogP contribution in [-0.4, -0.2) is 50.0 Å². The number of anilines is 1. The highest BCUT2D eigenvalue weighted by Crippen LogP contribution is 2.29. The lowest BCUT2D eigenvalue weighted by atomic mass is 10.1. The highest BCUT2D eigenvalue weighted by molar-refractivity contribution is 6.33. The zero-order chi connectivity index (χ0) is 18.8. The Bertz CT molecular complexity index is 604. The molecule has 0 atom stereocenters. The molecule has 1 rings (SSSR count). The zero-order valence-corrected chi connectivity index (χ0v) is 16.0. The minimum absolute atomic E-state index is 0.281. The Morgan fingerprint density at radius 3 is 2.56 bits per heavy atom. The van der Waals surface area contributed by atoms with E-state index in [9.17, 15) is 4.79 Å². The summed E-state index contributed by atoms with van der Waals surface area (Å²) in [5.41, 5.74) is 6.46. The molecule has 0 radical (unpaired) electrons. The molecule has 8 heteroatoms. The van der Waals surface area contributed by atoms with Crippen molar-refractivity contribution in [3.05, 3.63) is 22.7 Å². The Labute approximate surface area is 154 Å². The van der Waals surface area contributed by atoms with Crippen LogP contribution in [0.1, 0.15) is 37.6 Å². The van der Waals surface area contributed by atoms with Gasteiger partial charge < -0.3 is 25.5 Å². The van der Waals surface area contributed by atoms with Crippen molar-refractivity contribution >= 4 is 29.1 Å². The molecule has 0 aliphatic carbocycles. The van der Waals surface area contributed by atoms with Gasteiger partial charge in [0.1, 0.15) is 12.9 Å². The van der Waals surface area contributed by atoms with Crippen LogP contribution in [0.25, 0.3) is 0 Å². The van der Waals surface area contributed by atoms with E-state index in [0.29, 0.717) is 40.9 Å². The number of hydrogen-bond acceptors (Lipinski definition) is 6. The van der Waals surface area contributed by atoms with Gasteiger partial charge in [0.2, 0.25) is 5.90 Å². The van der Waals surface area contributed by atoms with E-state index in [-0.39, 0.29) is 5.91 Å². The molecule has 0 bridgehead atoms. The molecule has 0 fully saturated rings. The van der Waals surface area contributed by atoms with Gasteiger partial charge >= 0.3 is 0 Å². The topological polar surface area (TPSA) is 89.2 Å². The fraction of sp³-hybridized carbons (Fsp3) is 0.529. The third-order valence-corrected chi connectivity index (χ3v) is 4.00. The fourth-order valence-corrected chi connectivity index (χ4v) is 2.34. The number of likely N-dealkylation sites (N-methyl/N-ethyl adjacent to an activating group) is 1. The third-order valence-electron chi connectivity index (χ3n) is 3.67. The molecule has 0 aliphatic rings. The second-order valence-corrected chi connectivity index (χ2v) is 5.68. The summed E-state index contributed by atoms with van der Waals surface area (Å²) in [5, 5.41) is 6.95. The Balaban J connectivity index is 2.94. The van der Waals surface area contributed by atoms with Crippen LogP contribution in [0.15, 0.2) is 17.3 Å². The van der Waals surface area contributed by atoms with Crippen molar-refractivity contribution in [2.24, 2.45) is 5.16 Å². The van der Waals surface area contributed by atoms with Crippen molar-refractivity contribution in [2.45, 2.75) is 27.2 Å². The standard InChI is InChI=1S/C17H27ClN4O3/c1-5-16(21-24-4)25-15-11-14(19)13(18)10-12(15)17(23)20-8-9-22(6-2)7-3/h10-11H,5-9,19H2,1-4H3,(H,20,23). The summed E-state index contributed by atoms with van der Waals surface area (Å²) >= 11 is 6.07. The first kappa shape index (κ1) is 21.1. The minimum Gasteiger partial charge on any atom is -0.439 e. The lowest BCUT2D eigenvalue weighted by Gasteiger charge is -2.18. The van der Waals surface area contributed by atoms with Gasteiger partial charge in [-0.05, 0) is 19.2 Å². The molecule has 0 aliphatic heterocycles. The SMILES string of the molecule is CCC(=NOC)Oc1cc(N)c(Cl)cc1C(=O)NCCN(CC)CC. The first-order chi connectivity index (χ1) is 12.0. The van der Waals surface area contributed by atoms with E-state index >= 15 is 0 Å². The lowest BCUT2D eigenvalue weighted by Crippen LogP contribution is -2.35. The van der Waals surface area contributed by atoms with E-state index in [0.717, 1.165) is 19.6 Å². The maximum Gasteiger partial charge on any atom is 0.255 e. The number of carbonyl (C=O) groups excluding carboxylic acids is 1. The lowest BCUT2D eigenvalue weighted by molar-refractivity contribution is 0.0947. The van der Waals surface area contributed by atoms with Gasteiger partial charge in [0, 0.05) is 25.6 Å². The zero-order valence-electron chi connectivity index (χ0n) is 15.3. The average Bonchev–Trinajstić information content (AvgIpc) is 2.60. The van der Waals surface area contributed by atoms with Crippen molar-refractivity contribution in [1.29, 1.82) is 0 Å². The molecule has 1 amide bonds. The summed E-state index contributed by atoms with van der Waals surface area (Å²) in [6.07, 6.45) is 0.499. The van der Waals surface area contributed by atoms with E-state index < -0.39 is 0 Å². The molecular formula is C17H27ClN4O3. The molecule has 0 unspecified atom stereocenters. The summed E-state index contributed by atoms with van der Waals surface area (Å²) in [6.45, 7) is 9.18. The van der Waals surface area contributed by atoms with Crippen molar-refractivity contribution in [3.63, 3.8) is 0 Å². The van der Waals surface area contributed by atoms with Gasteiger partial charge in [-0.15, -0.1) is 0 Å². The third kappa shape index (κ3) is 6.43. The van der Waals surface area contributed by atoms with Gasteiger partial charge in [-0.25, -0.2) is 0 Å². The Morgan fingerprint density at radius 2 is 2.00 bits per heavy atom. The van der Waals surface area contributed by atoms with Gasteiger partial charge in [-0.3, -0.25) is 4.79 Å². The highest BCUT2D eigenvalue weighted by Gasteiger charge is 2.17. The number of oxime groups is 1. The molecule has 0 saturated heterocycles. The number of nitrogens with zero attached hydrogens (tertiary/aromatic N) is 2. The van der Waals surface area contributed by atoms with E-state index in [1.165, 1.54) is 19.2 Å². The second-order valence-electron chi connectivity index (χ2n) is 5.28. The number of nitrogen functional groups attached to an aromatic ring is 1. The predicted molar refractivity (Wildman–Crippen MR) is 101 cm³/mol. The average molecular weight is 371 g/mol. The molecule has 140 valence electrons. The van der Waals surface area contributed by atoms with Crippen LogP contribution in [0.5, 0.6) is 5.75 Å². The number of nitrogens with two attached hydrogens (primary N) is 1. The molecule has 0 aromatic heterocycles. The van der Waals surface area contributed by atoms with Gasteiger partial charge in [-0.1, -0.05) is 37.5 Å². The summed E-state index contributed by atoms with van der Waals surface area (Å²) in [7, 11) is 1.43. The maximum atomic E-state index is 12.5. The van der Waals surface area contributed by atoms with E-state index in [4.69, 9.17) is 26.9 Å². The summed E-state index contributed by atoms with van der Waals surface area (Å²) < 4.78 is 5.68. The van der Waals surface area contributed by atoms with Gasteiger partial charge in [-0.2, -0.15) is 0 Å². The predicted octanol–water partition coefficient (Wildman–Crippen LogP) is 2.74. The summed E-state index contributed by atoms with van der Waals surface area (Å²) in [5.74, 6) is 0.346. The van der Waals surface area contributed by atoms with Crippen LogP contribution < -0.4 is 15.8 Å². The summed E-state index contributed by atoms with van der Waals surface area (Å²) in [4.78, 5) is 19.5. The molecular weight excluding hydrogens is 344 g/mol. The number of hydrogen-bond donors (Lipinski definition) is 2. The number of carbonyl (C=O) groups is 1. The van der Waals surface area contributed by atoms with Crippen LogP contribution in [0.3, 0.4) is 0 Å². The summed E-state index contributed by atoms with van der Waals surface area (Å²) in [6, 6.07) is 3.02. The smallest absolute Gasteiger partial charge is 0.255 e. The van der Waals surface area contributed by atoms with Crippen molar-refractivity contribution in [3.8, 4) is 5.75 Å². The van der Waals surface area contributed by atoms with Crippen LogP contribution in [0, 0.1) is 0 Å². The number of ether oxygens (including phenoxy) is 1. The van der Waals surface area contributed by atoms with Crippen molar-refractivity contribution in [1.82, 2.24) is 10.2 Å². The van der Waals surface area contributed by atoms with E-state index in [2.05, 4.69) is 29.2 Å². The number of nitrogens with one attached hydrogen (secondary N) is 1. The monoisotopic (exact) mass is 370 g/mol. The molecule has 3 N–H and O–H groups in total. The van der Waals surface area contributed by atoms with E-state index in [1.807, 2.05) is 6.92 Å². The molecule has 1 aromatic carbocycles. The number of amides is 1. The molecule has 25 heavy (non-hydrogen) atoms. The van der Waals surface area contributed by atoms with E-state index in [1.54, 1.807) is 0 Å². The maximum absolute atomic E-state index is 12.5. The van der Waals surface area contributed by atoms with Crippen molar-refractivity contribution in [2.75, 3.05) is 39.0 Å². The van der Waals surface area contributed by atoms with Crippen LogP contribution in [-0.2, 0) is 4.84 Å². The van der Waals surface area contributed by atoms with Crippen LogP contribution >= 0.6 is 11.6 Å². The first-order valence-electron chi connectivity index (χ1n) is 8.34.